The van der Waals surface area contributed by atoms with E-state index in [1.807, 2.05) is 4.90 Å². The van der Waals surface area contributed by atoms with Crippen LogP contribution in [0.1, 0.15) is 30.6 Å². The normalized spacial score (nSPS) is 10.7. The zero-order chi connectivity index (χ0) is 14.3. The molecule has 1 rings (SSSR count). The lowest BCUT2D eigenvalue weighted by Gasteiger charge is -2.22. The number of hydrogen-bond acceptors (Lipinski definition) is 3. The minimum absolute atomic E-state index is 0.0430. The van der Waals surface area contributed by atoms with Crippen molar-refractivity contribution in [2.24, 2.45) is 5.92 Å². The predicted octanol–water partition coefficient (Wildman–Crippen LogP) is 2.88. The van der Waals surface area contributed by atoms with Crippen LogP contribution >= 0.6 is 0 Å². The first kappa shape index (κ1) is 15.3. The van der Waals surface area contributed by atoms with E-state index in [1.54, 1.807) is 0 Å². The number of hydrogen-bond donors (Lipinski definition) is 0. The minimum Gasteiger partial charge on any atom is -0.295 e. The van der Waals surface area contributed by atoms with Gasteiger partial charge in [0.15, 0.2) is 5.78 Å². The van der Waals surface area contributed by atoms with Crippen molar-refractivity contribution in [2.45, 2.75) is 20.3 Å². The summed E-state index contributed by atoms with van der Waals surface area (Å²) in [6.45, 7) is 5.77. The molecule has 0 N–H and O–H groups in total. The van der Waals surface area contributed by atoms with Crippen LogP contribution in [0.5, 0.6) is 0 Å². The molecule has 0 amide bonds. The van der Waals surface area contributed by atoms with E-state index < -0.39 is 0 Å². The largest absolute Gasteiger partial charge is 0.295 e. The van der Waals surface area contributed by atoms with Crippen LogP contribution in [0, 0.1) is 23.1 Å². The first-order valence-corrected chi connectivity index (χ1v) is 6.41. The molecule has 3 nitrogen and oxygen atoms in total. The molecule has 0 aromatic heterocycles. The first-order chi connectivity index (χ1) is 9.02. The van der Waals surface area contributed by atoms with E-state index in [1.165, 1.54) is 24.3 Å². The molecule has 19 heavy (non-hydrogen) atoms. The van der Waals surface area contributed by atoms with Crippen molar-refractivity contribution in [1.29, 1.82) is 5.26 Å². The highest BCUT2D eigenvalue weighted by Gasteiger charge is 2.13. The van der Waals surface area contributed by atoms with Gasteiger partial charge in [0.2, 0.25) is 0 Å². The predicted molar refractivity (Wildman–Crippen MR) is 72.2 cm³/mol. The monoisotopic (exact) mass is 262 g/mol. The summed E-state index contributed by atoms with van der Waals surface area (Å²) >= 11 is 0. The lowest BCUT2D eigenvalue weighted by atomic mass is 10.1. The molecule has 0 spiro atoms. The quantitative estimate of drug-likeness (QED) is 0.710. The highest BCUT2D eigenvalue weighted by molar-refractivity contribution is 5.97. The highest BCUT2D eigenvalue weighted by Crippen LogP contribution is 2.07. The van der Waals surface area contributed by atoms with Gasteiger partial charge in [-0.15, -0.1) is 0 Å². The minimum atomic E-state index is -0.347. The van der Waals surface area contributed by atoms with Gasteiger partial charge < -0.3 is 0 Å². The number of halogens is 1. The first-order valence-electron chi connectivity index (χ1n) is 6.41. The molecular weight excluding hydrogens is 243 g/mol. The number of nitriles is 1. The van der Waals surface area contributed by atoms with Crippen molar-refractivity contribution in [1.82, 2.24) is 4.90 Å². The van der Waals surface area contributed by atoms with Crippen LogP contribution in [0.15, 0.2) is 24.3 Å². The second-order valence-corrected chi connectivity index (χ2v) is 4.97. The number of benzene rings is 1. The fraction of sp³-hybridized carbons (Fsp3) is 0.467. The Labute approximate surface area is 113 Å². The summed E-state index contributed by atoms with van der Waals surface area (Å²) in [6.07, 6.45) is 0.406. The standard InChI is InChI=1S/C15H19FN2O/c1-12(2)10-18(9-3-8-17)11-15(19)13-4-6-14(16)7-5-13/h4-7,12H,3,9-11H2,1-2H3. The third-order valence-corrected chi connectivity index (χ3v) is 2.70. The number of nitrogens with zero attached hydrogens (tertiary/aromatic N) is 2. The summed E-state index contributed by atoms with van der Waals surface area (Å²) in [6, 6.07) is 7.65. The third-order valence-electron chi connectivity index (χ3n) is 2.70. The van der Waals surface area contributed by atoms with Gasteiger partial charge >= 0.3 is 0 Å². The fourth-order valence-electron chi connectivity index (χ4n) is 1.89. The van der Waals surface area contributed by atoms with Gasteiger partial charge in [-0.1, -0.05) is 13.8 Å². The molecule has 0 saturated heterocycles. The number of rotatable bonds is 7. The summed E-state index contributed by atoms with van der Waals surface area (Å²) < 4.78 is 12.8. The van der Waals surface area contributed by atoms with Crippen molar-refractivity contribution < 1.29 is 9.18 Å². The van der Waals surface area contributed by atoms with Crippen LogP contribution in [0.3, 0.4) is 0 Å². The van der Waals surface area contributed by atoms with E-state index in [2.05, 4.69) is 19.9 Å². The molecule has 0 atom stereocenters. The molecule has 4 heteroatoms. The van der Waals surface area contributed by atoms with Crippen LogP contribution in [-0.4, -0.2) is 30.3 Å². The van der Waals surface area contributed by atoms with Gasteiger partial charge in [0.05, 0.1) is 12.6 Å². The van der Waals surface area contributed by atoms with E-state index in [4.69, 9.17) is 5.26 Å². The molecule has 0 fully saturated rings. The van der Waals surface area contributed by atoms with E-state index in [0.717, 1.165) is 6.54 Å². The zero-order valence-corrected chi connectivity index (χ0v) is 11.4. The van der Waals surface area contributed by atoms with Gasteiger partial charge in [0.1, 0.15) is 5.82 Å². The zero-order valence-electron chi connectivity index (χ0n) is 11.4. The molecule has 0 bridgehead atoms. The molecule has 0 heterocycles. The molecule has 102 valence electrons. The molecule has 0 unspecified atom stereocenters. The molecule has 0 aliphatic carbocycles. The molecule has 1 aromatic rings. The Morgan fingerprint density at radius 1 is 1.37 bits per heavy atom. The fourth-order valence-corrected chi connectivity index (χ4v) is 1.89. The molecule has 0 radical (unpaired) electrons. The molecule has 0 aliphatic heterocycles. The third kappa shape index (κ3) is 5.62. The van der Waals surface area contributed by atoms with Crippen LogP contribution < -0.4 is 0 Å². The number of ketones is 1. The summed E-state index contributed by atoms with van der Waals surface area (Å²) in [5.41, 5.74) is 0.507. The molecule has 1 aromatic carbocycles. The maximum atomic E-state index is 12.8. The topological polar surface area (TPSA) is 44.1 Å². The smallest absolute Gasteiger partial charge is 0.176 e. The van der Waals surface area contributed by atoms with E-state index in [9.17, 15) is 9.18 Å². The van der Waals surface area contributed by atoms with Crippen LogP contribution in [0.4, 0.5) is 4.39 Å². The van der Waals surface area contributed by atoms with E-state index in [0.29, 0.717) is 24.4 Å². The van der Waals surface area contributed by atoms with Gasteiger partial charge in [0, 0.05) is 25.1 Å². The average molecular weight is 262 g/mol. The maximum absolute atomic E-state index is 12.8. The highest BCUT2D eigenvalue weighted by atomic mass is 19.1. The van der Waals surface area contributed by atoms with Crippen molar-refractivity contribution in [3.05, 3.63) is 35.6 Å². The van der Waals surface area contributed by atoms with Crippen molar-refractivity contribution in [3.8, 4) is 6.07 Å². The summed E-state index contributed by atoms with van der Waals surface area (Å²) in [4.78, 5) is 14.0. The van der Waals surface area contributed by atoms with Crippen LogP contribution in [0.2, 0.25) is 0 Å². The van der Waals surface area contributed by atoms with Crippen LogP contribution in [-0.2, 0) is 0 Å². The molecule has 0 saturated carbocycles. The van der Waals surface area contributed by atoms with Gasteiger partial charge in [-0.2, -0.15) is 5.26 Å². The van der Waals surface area contributed by atoms with Gasteiger partial charge in [-0.3, -0.25) is 9.69 Å². The van der Waals surface area contributed by atoms with Gasteiger partial charge in [-0.25, -0.2) is 4.39 Å². The number of carbonyl (C=O) groups is 1. The number of carbonyl (C=O) groups excluding carboxylic acids is 1. The lowest BCUT2D eigenvalue weighted by Crippen LogP contribution is -2.33. The van der Waals surface area contributed by atoms with E-state index >= 15 is 0 Å². The van der Waals surface area contributed by atoms with Crippen molar-refractivity contribution in [2.75, 3.05) is 19.6 Å². The maximum Gasteiger partial charge on any atom is 0.176 e. The SMILES string of the molecule is CC(C)CN(CCC#N)CC(=O)c1ccc(F)cc1. The Morgan fingerprint density at radius 2 is 2.00 bits per heavy atom. The Kier molecular flexibility index (Phi) is 6.17. The summed E-state index contributed by atoms with van der Waals surface area (Å²) in [5.74, 6) is 0.0402. The Bertz CT molecular complexity index is 448. The van der Waals surface area contributed by atoms with Crippen molar-refractivity contribution >= 4 is 5.78 Å². The Hall–Kier alpha value is -1.73. The van der Waals surface area contributed by atoms with Gasteiger partial charge in [-0.05, 0) is 30.2 Å². The van der Waals surface area contributed by atoms with Gasteiger partial charge in [0.25, 0.3) is 0 Å². The second kappa shape index (κ2) is 7.65. The second-order valence-electron chi connectivity index (χ2n) is 4.97. The van der Waals surface area contributed by atoms with E-state index in [-0.39, 0.29) is 18.1 Å². The van der Waals surface area contributed by atoms with Crippen molar-refractivity contribution in [3.63, 3.8) is 0 Å². The number of Topliss-reactive ketones (excluding diaryl/α,β-unsaturated/α-hetero) is 1. The lowest BCUT2D eigenvalue weighted by molar-refractivity contribution is 0.0924. The Morgan fingerprint density at radius 3 is 2.53 bits per heavy atom. The molecular formula is C15H19FN2O. The Balaban J connectivity index is 2.64. The summed E-state index contributed by atoms with van der Waals surface area (Å²) in [7, 11) is 0. The van der Waals surface area contributed by atoms with Crippen LogP contribution in [0.25, 0.3) is 0 Å². The summed E-state index contributed by atoms with van der Waals surface area (Å²) in [5, 5.41) is 8.63. The average Bonchev–Trinajstić information content (AvgIpc) is 2.36. The molecule has 0 aliphatic rings.